The summed E-state index contributed by atoms with van der Waals surface area (Å²) in [6.45, 7) is 1.74. The Kier molecular flexibility index (Phi) is 7.05. The fraction of sp³-hybridized carbons (Fsp3) is 0.167. The van der Waals surface area contributed by atoms with Gasteiger partial charge in [-0.05, 0) is 49.4 Å². The second kappa shape index (κ2) is 10.1. The summed E-state index contributed by atoms with van der Waals surface area (Å²) in [5.41, 5.74) is 1.31. The van der Waals surface area contributed by atoms with E-state index >= 15 is 0 Å². The van der Waals surface area contributed by atoms with E-state index in [1.54, 1.807) is 31.4 Å². The van der Waals surface area contributed by atoms with E-state index in [1.807, 2.05) is 61.5 Å². The Bertz CT molecular complexity index is 988. The number of benzene rings is 3. The SMILES string of the molecule is COc1ccccc1C(C)NC(=O)CNC(=O)c1ccc(Oc2ccccc2)cc1. The van der Waals surface area contributed by atoms with Crippen molar-refractivity contribution in [2.75, 3.05) is 13.7 Å². The molecule has 0 spiro atoms. The summed E-state index contributed by atoms with van der Waals surface area (Å²) in [6, 6.07) is 23.4. The molecule has 30 heavy (non-hydrogen) atoms. The lowest BCUT2D eigenvalue weighted by molar-refractivity contribution is -0.120. The van der Waals surface area contributed by atoms with Crippen molar-refractivity contribution in [2.24, 2.45) is 0 Å². The third-order valence-electron chi connectivity index (χ3n) is 4.49. The van der Waals surface area contributed by atoms with Crippen LogP contribution in [-0.2, 0) is 4.79 Å². The van der Waals surface area contributed by atoms with E-state index in [9.17, 15) is 9.59 Å². The van der Waals surface area contributed by atoms with Crippen LogP contribution in [0.25, 0.3) is 0 Å². The first-order chi connectivity index (χ1) is 14.6. The van der Waals surface area contributed by atoms with Gasteiger partial charge in [-0.25, -0.2) is 0 Å². The van der Waals surface area contributed by atoms with Crippen molar-refractivity contribution in [3.63, 3.8) is 0 Å². The summed E-state index contributed by atoms with van der Waals surface area (Å²) < 4.78 is 11.0. The third kappa shape index (κ3) is 5.61. The zero-order chi connectivity index (χ0) is 21.3. The molecule has 0 bridgehead atoms. The topological polar surface area (TPSA) is 76.7 Å². The van der Waals surface area contributed by atoms with E-state index in [1.165, 1.54) is 0 Å². The Morgan fingerprint density at radius 1 is 0.867 bits per heavy atom. The predicted molar refractivity (Wildman–Crippen MR) is 115 cm³/mol. The first-order valence-electron chi connectivity index (χ1n) is 9.60. The number of hydrogen-bond acceptors (Lipinski definition) is 4. The summed E-state index contributed by atoms with van der Waals surface area (Å²) >= 11 is 0. The van der Waals surface area contributed by atoms with Crippen LogP contribution in [0, 0.1) is 0 Å². The van der Waals surface area contributed by atoms with E-state index < -0.39 is 0 Å². The number of para-hydroxylation sites is 2. The zero-order valence-corrected chi connectivity index (χ0v) is 16.9. The van der Waals surface area contributed by atoms with Gasteiger partial charge in [-0.1, -0.05) is 36.4 Å². The molecule has 3 aromatic rings. The molecule has 0 radical (unpaired) electrons. The maximum atomic E-state index is 12.3. The Morgan fingerprint density at radius 3 is 2.20 bits per heavy atom. The van der Waals surface area contributed by atoms with Crippen LogP contribution in [0.5, 0.6) is 17.2 Å². The van der Waals surface area contributed by atoms with Crippen molar-refractivity contribution in [3.05, 3.63) is 90.0 Å². The van der Waals surface area contributed by atoms with Gasteiger partial charge >= 0.3 is 0 Å². The van der Waals surface area contributed by atoms with E-state index in [-0.39, 0.29) is 24.4 Å². The minimum atomic E-state index is -0.332. The summed E-state index contributed by atoms with van der Waals surface area (Å²) in [5, 5.41) is 5.49. The number of carbonyl (C=O) groups excluding carboxylic acids is 2. The maximum Gasteiger partial charge on any atom is 0.251 e. The van der Waals surface area contributed by atoms with Crippen molar-refractivity contribution in [3.8, 4) is 17.2 Å². The van der Waals surface area contributed by atoms with Crippen LogP contribution >= 0.6 is 0 Å². The van der Waals surface area contributed by atoms with Crippen LogP contribution in [0.2, 0.25) is 0 Å². The normalized spacial score (nSPS) is 11.3. The van der Waals surface area contributed by atoms with Gasteiger partial charge in [0.15, 0.2) is 0 Å². The molecule has 0 saturated carbocycles. The molecule has 1 unspecified atom stereocenters. The van der Waals surface area contributed by atoms with E-state index in [4.69, 9.17) is 9.47 Å². The zero-order valence-electron chi connectivity index (χ0n) is 16.9. The highest BCUT2D eigenvalue weighted by molar-refractivity contribution is 5.96. The number of methoxy groups -OCH3 is 1. The van der Waals surface area contributed by atoms with Crippen LogP contribution in [0.3, 0.4) is 0 Å². The standard InChI is InChI=1S/C24H24N2O4/c1-17(21-10-6-7-11-22(21)29-2)26-23(27)16-25-24(28)18-12-14-20(15-13-18)30-19-8-4-3-5-9-19/h3-15,17H,16H2,1-2H3,(H,25,28)(H,26,27). The average molecular weight is 404 g/mol. The fourth-order valence-corrected chi connectivity index (χ4v) is 2.96. The molecule has 2 N–H and O–H groups in total. The number of hydrogen-bond donors (Lipinski definition) is 2. The minimum absolute atomic E-state index is 0.124. The molecule has 0 aliphatic rings. The average Bonchev–Trinajstić information content (AvgIpc) is 2.78. The fourth-order valence-electron chi connectivity index (χ4n) is 2.96. The van der Waals surface area contributed by atoms with Crippen LogP contribution < -0.4 is 20.1 Å². The Balaban J connectivity index is 1.50. The number of ether oxygens (including phenoxy) is 2. The van der Waals surface area contributed by atoms with Gasteiger partial charge in [0.2, 0.25) is 5.91 Å². The number of carbonyl (C=O) groups is 2. The van der Waals surface area contributed by atoms with E-state index in [2.05, 4.69) is 10.6 Å². The van der Waals surface area contributed by atoms with Gasteiger partial charge in [-0.3, -0.25) is 9.59 Å². The first-order valence-corrected chi connectivity index (χ1v) is 9.60. The van der Waals surface area contributed by atoms with Gasteiger partial charge in [0.25, 0.3) is 5.91 Å². The van der Waals surface area contributed by atoms with E-state index in [0.717, 1.165) is 11.3 Å². The minimum Gasteiger partial charge on any atom is -0.496 e. The number of amides is 2. The largest absolute Gasteiger partial charge is 0.496 e. The second-order valence-corrected chi connectivity index (χ2v) is 6.65. The van der Waals surface area contributed by atoms with Crippen LogP contribution in [0.1, 0.15) is 28.9 Å². The highest BCUT2D eigenvalue weighted by Gasteiger charge is 2.14. The quantitative estimate of drug-likeness (QED) is 0.593. The molecule has 3 rings (SSSR count). The molecule has 0 heterocycles. The highest BCUT2D eigenvalue weighted by atomic mass is 16.5. The second-order valence-electron chi connectivity index (χ2n) is 6.65. The number of rotatable bonds is 8. The molecule has 6 nitrogen and oxygen atoms in total. The van der Waals surface area contributed by atoms with Crippen LogP contribution in [-0.4, -0.2) is 25.5 Å². The van der Waals surface area contributed by atoms with Gasteiger partial charge in [0, 0.05) is 11.1 Å². The van der Waals surface area contributed by atoms with E-state index in [0.29, 0.717) is 17.1 Å². The summed E-state index contributed by atoms with van der Waals surface area (Å²) in [7, 11) is 1.59. The van der Waals surface area contributed by atoms with Crippen LogP contribution in [0.4, 0.5) is 0 Å². The summed E-state index contributed by atoms with van der Waals surface area (Å²) in [5.74, 6) is 1.43. The van der Waals surface area contributed by atoms with Gasteiger partial charge in [-0.2, -0.15) is 0 Å². The van der Waals surface area contributed by atoms with Gasteiger partial charge in [0.05, 0.1) is 19.7 Å². The lowest BCUT2D eigenvalue weighted by atomic mass is 10.1. The smallest absolute Gasteiger partial charge is 0.251 e. The Hall–Kier alpha value is -3.80. The molecular weight excluding hydrogens is 380 g/mol. The summed E-state index contributed by atoms with van der Waals surface area (Å²) in [6.07, 6.45) is 0. The maximum absolute atomic E-state index is 12.3. The molecule has 0 aromatic heterocycles. The number of nitrogens with one attached hydrogen (secondary N) is 2. The third-order valence-corrected chi connectivity index (χ3v) is 4.49. The molecule has 6 heteroatoms. The van der Waals surface area contributed by atoms with Crippen molar-refractivity contribution in [1.82, 2.24) is 10.6 Å². The van der Waals surface area contributed by atoms with Crippen molar-refractivity contribution < 1.29 is 19.1 Å². The predicted octanol–water partition coefficient (Wildman–Crippen LogP) is 4.09. The monoisotopic (exact) mass is 404 g/mol. The van der Waals surface area contributed by atoms with Gasteiger partial charge in [0.1, 0.15) is 17.2 Å². The lowest BCUT2D eigenvalue weighted by Crippen LogP contribution is -2.38. The highest BCUT2D eigenvalue weighted by Crippen LogP contribution is 2.24. The molecule has 0 aliphatic heterocycles. The first kappa shape index (κ1) is 20.9. The van der Waals surface area contributed by atoms with Crippen molar-refractivity contribution >= 4 is 11.8 Å². The molecule has 0 saturated heterocycles. The Morgan fingerprint density at radius 2 is 1.50 bits per heavy atom. The molecule has 0 fully saturated rings. The van der Waals surface area contributed by atoms with Crippen molar-refractivity contribution in [2.45, 2.75) is 13.0 Å². The lowest BCUT2D eigenvalue weighted by Gasteiger charge is -2.17. The molecule has 154 valence electrons. The molecule has 0 aliphatic carbocycles. The Labute approximate surface area is 175 Å². The van der Waals surface area contributed by atoms with Gasteiger partial charge < -0.3 is 20.1 Å². The van der Waals surface area contributed by atoms with Crippen molar-refractivity contribution in [1.29, 1.82) is 0 Å². The molecule has 2 amide bonds. The summed E-state index contributed by atoms with van der Waals surface area (Å²) in [4.78, 5) is 24.6. The molecule has 3 aromatic carbocycles. The molecule has 1 atom stereocenters. The molecular formula is C24H24N2O4. The van der Waals surface area contributed by atoms with Crippen LogP contribution in [0.15, 0.2) is 78.9 Å². The van der Waals surface area contributed by atoms with Gasteiger partial charge in [-0.15, -0.1) is 0 Å².